The van der Waals surface area contributed by atoms with E-state index in [2.05, 4.69) is 9.97 Å². The normalized spacial score (nSPS) is 10.3. The Morgan fingerprint density at radius 1 is 1.06 bits per heavy atom. The quantitative estimate of drug-likeness (QED) is 0.693. The summed E-state index contributed by atoms with van der Waals surface area (Å²) in [5, 5.41) is 0. The van der Waals surface area contributed by atoms with E-state index in [1.807, 2.05) is 26.0 Å². The molecule has 0 aliphatic heterocycles. The van der Waals surface area contributed by atoms with Crippen molar-refractivity contribution >= 4 is 17.3 Å². The zero-order valence-electron chi connectivity index (χ0n) is 10.3. The minimum absolute atomic E-state index is 0.116. The molecule has 18 heavy (non-hydrogen) atoms. The first-order chi connectivity index (χ1) is 8.47. The standard InChI is InChI=1S/C12H15N5O/c1-6-3-8(13)4-7(2)10(6)18-11-9(14)5-16-12(15)17-11/h3-5H,13-14H2,1-2H3,(H2,15,16,17). The Hall–Kier alpha value is -2.50. The minimum atomic E-state index is 0.116. The summed E-state index contributed by atoms with van der Waals surface area (Å²) in [7, 11) is 0. The molecule has 94 valence electrons. The van der Waals surface area contributed by atoms with E-state index in [1.165, 1.54) is 6.20 Å². The SMILES string of the molecule is Cc1cc(N)cc(C)c1Oc1nc(N)ncc1N. The van der Waals surface area contributed by atoms with Gasteiger partial charge in [-0.1, -0.05) is 0 Å². The van der Waals surface area contributed by atoms with Gasteiger partial charge < -0.3 is 21.9 Å². The molecule has 0 bridgehead atoms. The lowest BCUT2D eigenvalue weighted by molar-refractivity contribution is 0.458. The van der Waals surface area contributed by atoms with Crippen LogP contribution < -0.4 is 21.9 Å². The van der Waals surface area contributed by atoms with Gasteiger partial charge in [0.1, 0.15) is 11.4 Å². The first-order valence-electron chi connectivity index (χ1n) is 5.40. The fourth-order valence-electron chi connectivity index (χ4n) is 1.71. The molecule has 0 atom stereocenters. The Kier molecular flexibility index (Phi) is 2.93. The van der Waals surface area contributed by atoms with Crippen molar-refractivity contribution in [3.63, 3.8) is 0 Å². The van der Waals surface area contributed by atoms with E-state index in [0.717, 1.165) is 11.1 Å². The third-order valence-electron chi connectivity index (χ3n) is 2.48. The van der Waals surface area contributed by atoms with Crippen molar-refractivity contribution < 1.29 is 4.74 Å². The van der Waals surface area contributed by atoms with Crippen molar-refractivity contribution in [1.82, 2.24) is 9.97 Å². The number of benzene rings is 1. The Balaban J connectivity index is 2.43. The van der Waals surface area contributed by atoms with Gasteiger partial charge in [-0.3, -0.25) is 0 Å². The fraction of sp³-hybridized carbons (Fsp3) is 0.167. The summed E-state index contributed by atoms with van der Waals surface area (Å²) in [5.74, 6) is 1.04. The Bertz CT molecular complexity index is 574. The number of nitrogen functional groups attached to an aromatic ring is 3. The van der Waals surface area contributed by atoms with Gasteiger partial charge in [0, 0.05) is 5.69 Å². The molecule has 0 fully saturated rings. The van der Waals surface area contributed by atoms with Crippen LogP contribution in [0.25, 0.3) is 0 Å². The molecule has 0 radical (unpaired) electrons. The number of nitrogens with zero attached hydrogens (tertiary/aromatic N) is 2. The summed E-state index contributed by atoms with van der Waals surface area (Å²) in [6.45, 7) is 3.80. The van der Waals surface area contributed by atoms with Gasteiger partial charge in [0.15, 0.2) is 0 Å². The number of hydrogen-bond donors (Lipinski definition) is 3. The van der Waals surface area contributed by atoms with Crippen LogP contribution in [0.3, 0.4) is 0 Å². The molecule has 0 spiro atoms. The van der Waals surface area contributed by atoms with Gasteiger partial charge in [0.2, 0.25) is 11.8 Å². The van der Waals surface area contributed by atoms with E-state index in [-0.39, 0.29) is 11.8 Å². The third kappa shape index (κ3) is 2.27. The smallest absolute Gasteiger partial charge is 0.247 e. The lowest BCUT2D eigenvalue weighted by atomic mass is 10.1. The van der Waals surface area contributed by atoms with E-state index in [4.69, 9.17) is 21.9 Å². The number of hydrogen-bond acceptors (Lipinski definition) is 6. The molecule has 0 amide bonds. The number of anilines is 3. The van der Waals surface area contributed by atoms with Crippen LogP contribution in [0.4, 0.5) is 17.3 Å². The Labute approximate surface area is 105 Å². The van der Waals surface area contributed by atoms with Crippen LogP contribution in [0.2, 0.25) is 0 Å². The van der Waals surface area contributed by atoms with Gasteiger partial charge >= 0.3 is 0 Å². The van der Waals surface area contributed by atoms with Crippen LogP contribution in [-0.4, -0.2) is 9.97 Å². The van der Waals surface area contributed by atoms with E-state index in [9.17, 15) is 0 Å². The highest BCUT2D eigenvalue weighted by Gasteiger charge is 2.10. The van der Waals surface area contributed by atoms with Crippen molar-refractivity contribution in [2.45, 2.75) is 13.8 Å². The van der Waals surface area contributed by atoms with Crippen molar-refractivity contribution in [3.8, 4) is 11.6 Å². The van der Waals surface area contributed by atoms with Gasteiger partial charge in [-0.2, -0.15) is 4.98 Å². The van der Waals surface area contributed by atoms with Gasteiger partial charge in [-0.05, 0) is 37.1 Å². The van der Waals surface area contributed by atoms with Crippen LogP contribution >= 0.6 is 0 Å². The predicted molar refractivity (Wildman–Crippen MR) is 71.3 cm³/mol. The number of aryl methyl sites for hydroxylation is 2. The molecule has 1 aromatic carbocycles. The van der Waals surface area contributed by atoms with E-state index < -0.39 is 0 Å². The molecule has 0 aliphatic rings. The highest BCUT2D eigenvalue weighted by atomic mass is 16.5. The first kappa shape index (κ1) is 12.0. The summed E-state index contributed by atoms with van der Waals surface area (Å²) in [6.07, 6.45) is 1.42. The maximum atomic E-state index is 5.75. The Morgan fingerprint density at radius 2 is 1.67 bits per heavy atom. The Morgan fingerprint density at radius 3 is 2.28 bits per heavy atom. The second-order valence-electron chi connectivity index (χ2n) is 4.07. The zero-order valence-corrected chi connectivity index (χ0v) is 10.3. The summed E-state index contributed by atoms with van der Waals surface area (Å²) < 4.78 is 5.69. The largest absolute Gasteiger partial charge is 0.436 e. The molecule has 6 nitrogen and oxygen atoms in total. The molecular formula is C12H15N5O. The minimum Gasteiger partial charge on any atom is -0.436 e. The molecular weight excluding hydrogens is 230 g/mol. The second kappa shape index (κ2) is 4.40. The summed E-state index contributed by atoms with van der Waals surface area (Å²) in [4.78, 5) is 7.74. The number of nitrogens with two attached hydrogens (primary N) is 3. The average Bonchev–Trinajstić information content (AvgIpc) is 2.28. The van der Waals surface area contributed by atoms with Crippen LogP contribution in [0.1, 0.15) is 11.1 Å². The summed E-state index contributed by atoms with van der Waals surface area (Å²) in [6, 6.07) is 3.64. The monoisotopic (exact) mass is 245 g/mol. The summed E-state index contributed by atoms with van der Waals surface area (Å²) >= 11 is 0. The number of rotatable bonds is 2. The number of aromatic nitrogens is 2. The van der Waals surface area contributed by atoms with Gasteiger partial charge in [0.25, 0.3) is 0 Å². The lowest BCUT2D eigenvalue weighted by Gasteiger charge is -2.13. The topological polar surface area (TPSA) is 113 Å². The molecule has 1 aromatic heterocycles. The van der Waals surface area contributed by atoms with Crippen LogP contribution in [0.15, 0.2) is 18.3 Å². The second-order valence-corrected chi connectivity index (χ2v) is 4.07. The first-order valence-corrected chi connectivity index (χ1v) is 5.40. The molecule has 1 heterocycles. The fourth-order valence-corrected chi connectivity index (χ4v) is 1.71. The average molecular weight is 245 g/mol. The lowest BCUT2D eigenvalue weighted by Crippen LogP contribution is -2.02. The van der Waals surface area contributed by atoms with Crippen molar-refractivity contribution in [2.75, 3.05) is 17.2 Å². The van der Waals surface area contributed by atoms with Crippen molar-refractivity contribution in [1.29, 1.82) is 0 Å². The highest BCUT2D eigenvalue weighted by Crippen LogP contribution is 2.32. The maximum Gasteiger partial charge on any atom is 0.247 e. The molecule has 6 heteroatoms. The van der Waals surface area contributed by atoms with E-state index in [0.29, 0.717) is 17.1 Å². The zero-order chi connectivity index (χ0) is 13.3. The van der Waals surface area contributed by atoms with Gasteiger partial charge in [-0.15, -0.1) is 0 Å². The van der Waals surface area contributed by atoms with Crippen molar-refractivity contribution in [2.24, 2.45) is 0 Å². The highest BCUT2D eigenvalue weighted by molar-refractivity contribution is 5.56. The summed E-state index contributed by atoms with van der Waals surface area (Å²) in [5.41, 5.74) is 19.8. The molecule has 0 saturated heterocycles. The van der Waals surface area contributed by atoms with Crippen LogP contribution in [0.5, 0.6) is 11.6 Å². The molecule has 6 N–H and O–H groups in total. The number of ether oxygens (including phenoxy) is 1. The third-order valence-corrected chi connectivity index (χ3v) is 2.48. The maximum absolute atomic E-state index is 5.75. The van der Waals surface area contributed by atoms with Crippen LogP contribution in [-0.2, 0) is 0 Å². The predicted octanol–water partition coefficient (Wildman–Crippen LogP) is 1.63. The van der Waals surface area contributed by atoms with Crippen molar-refractivity contribution in [3.05, 3.63) is 29.5 Å². The molecule has 2 aromatic rings. The molecule has 0 aliphatic carbocycles. The molecule has 2 rings (SSSR count). The van der Waals surface area contributed by atoms with E-state index >= 15 is 0 Å². The van der Waals surface area contributed by atoms with E-state index in [1.54, 1.807) is 0 Å². The van der Waals surface area contributed by atoms with Gasteiger partial charge in [0.05, 0.1) is 6.20 Å². The van der Waals surface area contributed by atoms with Crippen LogP contribution in [0, 0.1) is 13.8 Å². The molecule has 0 unspecified atom stereocenters. The van der Waals surface area contributed by atoms with Gasteiger partial charge in [-0.25, -0.2) is 4.98 Å². The molecule has 0 saturated carbocycles.